The maximum atomic E-state index is 14.2. The molecule has 3 aromatic carbocycles. The van der Waals surface area contributed by atoms with Crippen LogP contribution < -0.4 is 5.32 Å². The Morgan fingerprint density at radius 3 is 2.23 bits per heavy atom. The van der Waals surface area contributed by atoms with Crippen molar-refractivity contribution >= 4 is 35.8 Å². The summed E-state index contributed by atoms with van der Waals surface area (Å²) in [7, 11) is 0. The van der Waals surface area contributed by atoms with Gasteiger partial charge in [0.15, 0.2) is 0 Å². The number of hydrogen-bond donors (Lipinski definition) is 2. The number of nitrogens with one attached hydrogen (secondary N) is 1. The van der Waals surface area contributed by atoms with E-state index in [2.05, 4.69) is 5.32 Å². The summed E-state index contributed by atoms with van der Waals surface area (Å²) in [5.74, 6) is -4.05. The molecule has 4 aliphatic rings. The number of carbonyl (C=O) groups excluding carboxylic acids is 5. The highest BCUT2D eigenvalue weighted by Crippen LogP contribution is 2.47. The van der Waals surface area contributed by atoms with Crippen LogP contribution in [0.1, 0.15) is 60.2 Å². The summed E-state index contributed by atoms with van der Waals surface area (Å²) >= 11 is 0. The number of amides is 2. The molecule has 13 heteroatoms. The third kappa shape index (κ3) is 7.88. The van der Waals surface area contributed by atoms with Crippen LogP contribution in [0, 0.1) is 5.41 Å². The number of rotatable bonds is 11. The molecule has 7 rings (SSSR count). The van der Waals surface area contributed by atoms with E-state index in [0.717, 1.165) is 0 Å². The van der Waals surface area contributed by atoms with Crippen molar-refractivity contribution in [2.24, 2.45) is 5.41 Å². The normalized spacial score (nSPS) is 24.9. The second kappa shape index (κ2) is 16.2. The van der Waals surface area contributed by atoms with Crippen LogP contribution in [0.3, 0.4) is 0 Å². The lowest BCUT2D eigenvalue weighted by Gasteiger charge is -2.33. The first-order valence-corrected chi connectivity index (χ1v) is 18.7. The minimum Gasteiger partial charge on any atom is -0.462 e. The Hall–Kier alpha value is -5.63. The highest BCUT2D eigenvalue weighted by molar-refractivity contribution is 5.98. The number of fused-ring (bicyclic) bond motifs is 1. The number of hydrogen-bond acceptors (Lipinski definition) is 11. The molecule has 3 aliphatic heterocycles. The summed E-state index contributed by atoms with van der Waals surface area (Å²) in [6.45, 7) is 3.94. The van der Waals surface area contributed by atoms with Gasteiger partial charge in [-0.15, -0.1) is 0 Å². The van der Waals surface area contributed by atoms with Gasteiger partial charge in [0.05, 0.1) is 12.2 Å². The van der Waals surface area contributed by atoms with Crippen LogP contribution in [0.15, 0.2) is 103 Å². The van der Waals surface area contributed by atoms with E-state index in [9.17, 15) is 29.1 Å². The number of likely N-dealkylation sites (tertiary alicyclic amines) is 1. The molecular formula is C43H44N2O11. The maximum absolute atomic E-state index is 14.2. The monoisotopic (exact) mass is 764 g/mol. The SMILES string of the molecule is CC1(C)COC(=O)[C@@H]1OC(=O)C=Cc1ccc(C(=O)O[C@@H]2CC(C(=O)N3CCC[C@@H]3C(=O)NCCO)=C[C@H]3OC(c4ccccc4)(c4ccccc4)O[C@H]32)cc1. The molecule has 56 heavy (non-hydrogen) atoms. The number of aliphatic hydroxyl groups is 1. The van der Waals surface area contributed by atoms with Crippen LogP contribution in [-0.4, -0.2) is 96.5 Å². The molecular weight excluding hydrogens is 720 g/mol. The molecule has 5 atom stereocenters. The molecule has 3 saturated heterocycles. The van der Waals surface area contributed by atoms with Gasteiger partial charge >= 0.3 is 17.9 Å². The average Bonchev–Trinajstić information content (AvgIpc) is 3.93. The van der Waals surface area contributed by atoms with E-state index in [1.165, 1.54) is 17.1 Å². The number of ether oxygens (including phenoxy) is 5. The Morgan fingerprint density at radius 1 is 0.929 bits per heavy atom. The first kappa shape index (κ1) is 38.6. The lowest BCUT2D eigenvalue weighted by molar-refractivity contribution is -0.159. The second-order valence-corrected chi connectivity index (χ2v) is 14.9. The zero-order chi connectivity index (χ0) is 39.5. The molecule has 1 aliphatic carbocycles. The van der Waals surface area contributed by atoms with Gasteiger partial charge in [0.25, 0.3) is 0 Å². The fourth-order valence-corrected chi connectivity index (χ4v) is 7.54. The van der Waals surface area contributed by atoms with Crippen LogP contribution in [0.4, 0.5) is 0 Å². The van der Waals surface area contributed by atoms with E-state index in [-0.39, 0.29) is 43.6 Å². The standard InChI is InChI=1S/C43H44N2O11/c1-42(2)26-52-41(51)37(42)54-35(47)20-17-27-15-18-28(19-16-27)40(50)53-33-24-29(39(49)45-22-9-14-32(45)38(48)44-21-23-46)25-34-36(33)56-43(55-34,30-10-5-3-6-11-30)31-12-7-4-8-13-31/h3-8,10-13,15-20,25,32-34,36-37,46H,9,14,21-24,26H2,1-2H3,(H,44,48)/t32-,33-,34-,36+,37+/m1/s1. The van der Waals surface area contributed by atoms with Crippen LogP contribution in [0.5, 0.6) is 0 Å². The molecule has 3 fully saturated rings. The largest absolute Gasteiger partial charge is 0.462 e. The van der Waals surface area contributed by atoms with Gasteiger partial charge in [-0.05, 0) is 42.7 Å². The lowest BCUT2D eigenvalue weighted by Crippen LogP contribution is -2.49. The van der Waals surface area contributed by atoms with Gasteiger partial charge < -0.3 is 39.0 Å². The maximum Gasteiger partial charge on any atom is 0.348 e. The molecule has 0 saturated carbocycles. The van der Waals surface area contributed by atoms with Gasteiger partial charge in [0.2, 0.25) is 23.7 Å². The number of esters is 3. The average molecular weight is 765 g/mol. The van der Waals surface area contributed by atoms with Crippen LogP contribution in [0.2, 0.25) is 0 Å². The fourth-order valence-electron chi connectivity index (χ4n) is 7.54. The Bertz CT molecular complexity index is 1970. The van der Waals surface area contributed by atoms with Gasteiger partial charge in [-0.25, -0.2) is 14.4 Å². The quantitative estimate of drug-likeness (QED) is 0.166. The minimum absolute atomic E-state index is 0.00448. The Kier molecular flexibility index (Phi) is 11.2. The molecule has 0 unspecified atom stereocenters. The molecule has 0 radical (unpaired) electrons. The lowest BCUT2D eigenvalue weighted by atomic mass is 9.90. The summed E-state index contributed by atoms with van der Waals surface area (Å²) < 4.78 is 30.2. The van der Waals surface area contributed by atoms with Crippen LogP contribution >= 0.6 is 0 Å². The predicted octanol–water partition coefficient (Wildman–Crippen LogP) is 3.83. The van der Waals surface area contributed by atoms with Crippen molar-refractivity contribution in [3.05, 3.63) is 125 Å². The second-order valence-electron chi connectivity index (χ2n) is 14.9. The van der Waals surface area contributed by atoms with E-state index in [1.807, 2.05) is 60.7 Å². The number of aliphatic hydroxyl groups excluding tert-OH is 1. The topological polar surface area (TPSA) is 167 Å². The smallest absolute Gasteiger partial charge is 0.348 e. The van der Waals surface area contributed by atoms with Gasteiger partial charge in [0, 0.05) is 47.7 Å². The van der Waals surface area contributed by atoms with Crippen molar-refractivity contribution in [3.63, 3.8) is 0 Å². The molecule has 13 nitrogen and oxygen atoms in total. The first-order chi connectivity index (χ1) is 27.0. The van der Waals surface area contributed by atoms with Gasteiger partial charge in [-0.3, -0.25) is 9.59 Å². The van der Waals surface area contributed by atoms with Crippen molar-refractivity contribution in [2.45, 2.75) is 69.4 Å². The fraction of sp³-hybridized carbons (Fsp3) is 0.372. The number of benzene rings is 3. The van der Waals surface area contributed by atoms with Crippen molar-refractivity contribution in [1.29, 1.82) is 0 Å². The number of carbonyl (C=O) groups is 5. The first-order valence-electron chi connectivity index (χ1n) is 18.7. The zero-order valence-electron chi connectivity index (χ0n) is 31.1. The van der Waals surface area contributed by atoms with Gasteiger partial charge in [-0.1, -0.05) is 86.6 Å². The highest BCUT2D eigenvalue weighted by Gasteiger charge is 2.55. The van der Waals surface area contributed by atoms with Crippen LogP contribution in [-0.2, 0) is 48.6 Å². The molecule has 2 amide bonds. The zero-order valence-corrected chi connectivity index (χ0v) is 31.1. The highest BCUT2D eigenvalue weighted by atomic mass is 16.8. The molecule has 3 heterocycles. The minimum atomic E-state index is -1.39. The number of nitrogens with zero attached hydrogens (tertiary/aromatic N) is 1. The Morgan fingerprint density at radius 2 is 1.61 bits per heavy atom. The summed E-state index contributed by atoms with van der Waals surface area (Å²) in [5, 5.41) is 11.9. The third-order valence-electron chi connectivity index (χ3n) is 10.5. The van der Waals surface area contributed by atoms with Crippen molar-refractivity contribution in [3.8, 4) is 0 Å². The van der Waals surface area contributed by atoms with E-state index in [4.69, 9.17) is 23.7 Å². The van der Waals surface area contributed by atoms with E-state index < -0.39 is 59.6 Å². The van der Waals surface area contributed by atoms with E-state index >= 15 is 0 Å². The van der Waals surface area contributed by atoms with E-state index in [0.29, 0.717) is 41.6 Å². The Labute approximate surface area is 324 Å². The molecule has 0 bridgehead atoms. The molecule has 0 aromatic heterocycles. The molecule has 292 valence electrons. The van der Waals surface area contributed by atoms with Gasteiger partial charge in [-0.2, -0.15) is 0 Å². The summed E-state index contributed by atoms with van der Waals surface area (Å²) in [5.41, 5.74) is 1.92. The van der Waals surface area contributed by atoms with Crippen molar-refractivity contribution < 1.29 is 52.8 Å². The number of cyclic esters (lactones) is 1. The Balaban J connectivity index is 1.13. The predicted molar refractivity (Wildman–Crippen MR) is 200 cm³/mol. The van der Waals surface area contributed by atoms with Crippen molar-refractivity contribution in [1.82, 2.24) is 10.2 Å². The van der Waals surface area contributed by atoms with Gasteiger partial charge in [0.1, 0.15) is 31.0 Å². The van der Waals surface area contributed by atoms with E-state index in [1.54, 1.807) is 44.2 Å². The molecule has 3 aromatic rings. The van der Waals surface area contributed by atoms with Crippen LogP contribution in [0.25, 0.3) is 6.08 Å². The summed E-state index contributed by atoms with van der Waals surface area (Å²) in [6, 6.07) is 24.5. The van der Waals surface area contributed by atoms with Crippen molar-refractivity contribution in [2.75, 3.05) is 26.3 Å². The third-order valence-corrected chi connectivity index (χ3v) is 10.5. The summed E-state index contributed by atoms with van der Waals surface area (Å²) in [6.07, 6.45) is 1.95. The molecule has 2 N–H and O–H groups in total. The summed E-state index contributed by atoms with van der Waals surface area (Å²) in [4.78, 5) is 67.0. The molecule has 0 spiro atoms.